The fourth-order valence-electron chi connectivity index (χ4n) is 2.93. The Hall–Kier alpha value is -1.06. The van der Waals surface area contributed by atoms with Crippen LogP contribution in [0.5, 0.6) is 0 Å². The van der Waals surface area contributed by atoms with Gasteiger partial charge in [-0.3, -0.25) is 9.59 Å². The second kappa shape index (κ2) is 4.67. The number of carbonyl (C=O) groups is 2. The number of nitrogens with zero attached hydrogens (tertiary/aromatic N) is 1. The average molecular weight is 239 g/mol. The lowest BCUT2D eigenvalue weighted by Crippen LogP contribution is -2.38. The van der Waals surface area contributed by atoms with Gasteiger partial charge in [-0.15, -0.1) is 0 Å². The third-order valence-corrected chi connectivity index (χ3v) is 4.26. The smallest absolute Gasteiger partial charge is 0.311 e. The molecule has 1 atom stereocenters. The predicted molar refractivity (Wildman–Crippen MR) is 63.5 cm³/mol. The van der Waals surface area contributed by atoms with Crippen molar-refractivity contribution >= 4 is 11.9 Å². The van der Waals surface area contributed by atoms with Crippen LogP contribution in [0.2, 0.25) is 0 Å². The van der Waals surface area contributed by atoms with E-state index in [-0.39, 0.29) is 11.8 Å². The van der Waals surface area contributed by atoms with Gasteiger partial charge in [-0.2, -0.15) is 0 Å². The van der Waals surface area contributed by atoms with Crippen molar-refractivity contribution in [3.63, 3.8) is 0 Å². The van der Waals surface area contributed by atoms with Gasteiger partial charge in [0.25, 0.3) is 0 Å². The summed E-state index contributed by atoms with van der Waals surface area (Å²) in [5, 5.41) is 9.14. The first-order chi connectivity index (χ1) is 8.03. The van der Waals surface area contributed by atoms with Gasteiger partial charge in [-0.25, -0.2) is 0 Å². The zero-order valence-electron chi connectivity index (χ0n) is 10.4. The lowest BCUT2D eigenvalue weighted by atomic mass is 9.88. The molecule has 96 valence electrons. The van der Waals surface area contributed by atoms with Crippen LogP contribution in [0.3, 0.4) is 0 Å². The van der Waals surface area contributed by atoms with Gasteiger partial charge in [0.1, 0.15) is 0 Å². The van der Waals surface area contributed by atoms with Crippen LogP contribution in [0, 0.1) is 11.3 Å². The van der Waals surface area contributed by atoms with Crippen molar-refractivity contribution in [2.45, 2.75) is 45.4 Å². The van der Waals surface area contributed by atoms with Gasteiger partial charge in [-0.1, -0.05) is 19.3 Å². The number of hydrogen-bond acceptors (Lipinski definition) is 2. The van der Waals surface area contributed by atoms with Crippen LogP contribution in [-0.4, -0.2) is 35.0 Å². The first-order valence-electron chi connectivity index (χ1n) is 6.55. The van der Waals surface area contributed by atoms with Crippen LogP contribution >= 0.6 is 0 Å². The maximum atomic E-state index is 12.2. The van der Waals surface area contributed by atoms with Crippen LogP contribution < -0.4 is 0 Å². The summed E-state index contributed by atoms with van der Waals surface area (Å²) in [5.41, 5.74) is -0.732. The Kier molecular flexibility index (Phi) is 3.40. The number of aliphatic carboxylic acids is 1. The van der Waals surface area contributed by atoms with Gasteiger partial charge in [0.2, 0.25) is 5.91 Å². The average Bonchev–Trinajstić information content (AvgIpc) is 2.74. The number of amides is 1. The summed E-state index contributed by atoms with van der Waals surface area (Å²) < 4.78 is 0. The predicted octanol–water partition coefficient (Wildman–Crippen LogP) is 1.89. The van der Waals surface area contributed by atoms with Gasteiger partial charge in [0, 0.05) is 19.0 Å². The summed E-state index contributed by atoms with van der Waals surface area (Å²) in [6.45, 7) is 2.74. The van der Waals surface area contributed by atoms with E-state index in [0.29, 0.717) is 19.5 Å². The number of carbonyl (C=O) groups excluding carboxylic acids is 1. The van der Waals surface area contributed by atoms with Crippen molar-refractivity contribution in [1.29, 1.82) is 0 Å². The molecular formula is C13H21NO3. The number of hydrogen-bond donors (Lipinski definition) is 1. The molecule has 1 heterocycles. The summed E-state index contributed by atoms with van der Waals surface area (Å²) in [6.07, 6.45) is 6.07. The van der Waals surface area contributed by atoms with E-state index < -0.39 is 11.4 Å². The third kappa shape index (κ3) is 2.45. The zero-order chi connectivity index (χ0) is 12.5. The highest BCUT2D eigenvalue weighted by molar-refractivity contribution is 5.82. The highest BCUT2D eigenvalue weighted by Gasteiger charge is 2.43. The first kappa shape index (κ1) is 12.4. The van der Waals surface area contributed by atoms with Crippen molar-refractivity contribution < 1.29 is 14.7 Å². The SMILES string of the molecule is CC1(C(=O)O)CCN(C(=O)C2CCCCC2)C1. The molecule has 2 fully saturated rings. The molecule has 0 aromatic carbocycles. The fraction of sp³-hybridized carbons (Fsp3) is 0.846. The molecule has 4 heteroatoms. The molecule has 17 heavy (non-hydrogen) atoms. The quantitative estimate of drug-likeness (QED) is 0.800. The molecule has 0 aromatic rings. The summed E-state index contributed by atoms with van der Waals surface area (Å²) in [6, 6.07) is 0. The maximum Gasteiger partial charge on any atom is 0.311 e. The number of rotatable bonds is 2. The van der Waals surface area contributed by atoms with E-state index in [1.54, 1.807) is 11.8 Å². The van der Waals surface area contributed by atoms with Crippen LogP contribution in [-0.2, 0) is 9.59 Å². The Bertz CT molecular complexity index is 323. The molecule has 1 saturated carbocycles. The summed E-state index contributed by atoms with van der Waals surface area (Å²) in [7, 11) is 0. The largest absolute Gasteiger partial charge is 0.481 e. The van der Waals surface area contributed by atoms with Crippen LogP contribution in [0.1, 0.15) is 45.4 Å². The molecular weight excluding hydrogens is 218 g/mol. The molecule has 1 amide bonds. The molecule has 1 saturated heterocycles. The van der Waals surface area contributed by atoms with Gasteiger partial charge in [0.15, 0.2) is 0 Å². The summed E-state index contributed by atoms with van der Waals surface area (Å²) in [5.74, 6) is -0.439. The Morgan fingerprint density at radius 1 is 1.24 bits per heavy atom. The van der Waals surface area contributed by atoms with Crippen LogP contribution in [0.25, 0.3) is 0 Å². The Morgan fingerprint density at radius 2 is 1.88 bits per heavy atom. The molecule has 2 aliphatic rings. The van der Waals surface area contributed by atoms with Crippen molar-refractivity contribution in [3.8, 4) is 0 Å². The molecule has 0 radical (unpaired) electrons. The standard InChI is InChI=1S/C13H21NO3/c1-13(12(16)17)7-8-14(9-13)11(15)10-5-3-2-4-6-10/h10H,2-9H2,1H3,(H,16,17). The molecule has 2 rings (SSSR count). The Balaban J connectivity index is 1.95. The lowest BCUT2D eigenvalue weighted by molar-refractivity contribution is -0.147. The summed E-state index contributed by atoms with van der Waals surface area (Å²) in [4.78, 5) is 25.1. The highest BCUT2D eigenvalue weighted by atomic mass is 16.4. The number of carboxylic acids is 1. The molecule has 1 aliphatic heterocycles. The number of carboxylic acid groups (broad SMARTS) is 1. The monoisotopic (exact) mass is 239 g/mol. The molecule has 1 aliphatic carbocycles. The minimum Gasteiger partial charge on any atom is -0.481 e. The fourth-order valence-corrected chi connectivity index (χ4v) is 2.93. The molecule has 0 aromatic heterocycles. The lowest BCUT2D eigenvalue weighted by Gasteiger charge is -2.27. The van der Waals surface area contributed by atoms with Gasteiger partial charge >= 0.3 is 5.97 Å². The van der Waals surface area contributed by atoms with E-state index in [1.807, 2.05) is 0 Å². The molecule has 1 N–H and O–H groups in total. The van der Waals surface area contributed by atoms with E-state index >= 15 is 0 Å². The Labute approximate surface area is 102 Å². The second-order valence-electron chi connectivity index (χ2n) is 5.71. The van der Waals surface area contributed by atoms with E-state index in [0.717, 1.165) is 25.7 Å². The maximum absolute atomic E-state index is 12.2. The number of likely N-dealkylation sites (tertiary alicyclic amines) is 1. The minimum atomic E-state index is -0.781. The van der Waals surface area contributed by atoms with E-state index in [2.05, 4.69) is 0 Å². The normalized spacial score (nSPS) is 30.5. The highest BCUT2D eigenvalue weighted by Crippen LogP contribution is 2.33. The molecule has 1 unspecified atom stereocenters. The minimum absolute atomic E-state index is 0.153. The Morgan fingerprint density at radius 3 is 2.41 bits per heavy atom. The molecule has 0 spiro atoms. The van der Waals surface area contributed by atoms with Crippen LogP contribution in [0.4, 0.5) is 0 Å². The van der Waals surface area contributed by atoms with Crippen molar-refractivity contribution in [1.82, 2.24) is 4.90 Å². The van der Waals surface area contributed by atoms with E-state index in [4.69, 9.17) is 5.11 Å². The van der Waals surface area contributed by atoms with Crippen molar-refractivity contribution in [3.05, 3.63) is 0 Å². The molecule has 4 nitrogen and oxygen atoms in total. The topological polar surface area (TPSA) is 57.6 Å². The van der Waals surface area contributed by atoms with E-state index in [1.165, 1.54) is 6.42 Å². The summed E-state index contributed by atoms with van der Waals surface area (Å²) >= 11 is 0. The molecule has 0 bridgehead atoms. The van der Waals surface area contributed by atoms with Gasteiger partial charge < -0.3 is 10.0 Å². The first-order valence-corrected chi connectivity index (χ1v) is 6.55. The van der Waals surface area contributed by atoms with E-state index in [9.17, 15) is 9.59 Å². The van der Waals surface area contributed by atoms with Crippen LogP contribution in [0.15, 0.2) is 0 Å². The van der Waals surface area contributed by atoms with Crippen molar-refractivity contribution in [2.75, 3.05) is 13.1 Å². The van der Waals surface area contributed by atoms with Gasteiger partial charge in [-0.05, 0) is 26.2 Å². The second-order valence-corrected chi connectivity index (χ2v) is 5.71. The third-order valence-electron chi connectivity index (χ3n) is 4.26. The van der Waals surface area contributed by atoms with Gasteiger partial charge in [0.05, 0.1) is 5.41 Å². The zero-order valence-corrected chi connectivity index (χ0v) is 10.4. The van der Waals surface area contributed by atoms with Crippen molar-refractivity contribution in [2.24, 2.45) is 11.3 Å².